The van der Waals surface area contributed by atoms with Crippen molar-refractivity contribution in [1.29, 1.82) is 0 Å². The van der Waals surface area contributed by atoms with E-state index >= 15 is 0 Å². The van der Waals surface area contributed by atoms with E-state index in [1.807, 2.05) is 73.9 Å². The van der Waals surface area contributed by atoms with Gasteiger partial charge in [-0.2, -0.15) is 0 Å². The van der Waals surface area contributed by atoms with Crippen LogP contribution in [0.2, 0.25) is 5.02 Å². The van der Waals surface area contributed by atoms with Crippen LogP contribution in [-0.2, 0) is 17.8 Å². The standard InChI is InChI=1S/C30H22ClN3O2S/c1-18-13-25-29(28(23(18)15-27(35)36)20-7-10-22(31)11-8-20)37-30(33-25)21-9-12-24-26(14-21)34(17-32-24)16-19-5-3-2-4-6-19/h2-14,17H,15-16H2,1H3,(H,35,36). The number of benzene rings is 4. The molecule has 182 valence electrons. The van der Waals surface area contributed by atoms with Crippen molar-refractivity contribution in [3.8, 4) is 21.7 Å². The van der Waals surface area contributed by atoms with Gasteiger partial charge in [0.2, 0.25) is 0 Å². The number of carbonyl (C=O) groups is 1. The van der Waals surface area contributed by atoms with Crippen LogP contribution in [0.5, 0.6) is 0 Å². The fourth-order valence-electron chi connectivity index (χ4n) is 4.76. The molecule has 0 atom stereocenters. The Morgan fingerprint density at radius 2 is 1.73 bits per heavy atom. The molecule has 0 bridgehead atoms. The van der Waals surface area contributed by atoms with E-state index in [0.717, 1.165) is 60.6 Å². The molecule has 0 unspecified atom stereocenters. The number of carboxylic acids is 1. The minimum Gasteiger partial charge on any atom is -0.481 e. The highest BCUT2D eigenvalue weighted by Gasteiger charge is 2.20. The number of aromatic nitrogens is 3. The van der Waals surface area contributed by atoms with Gasteiger partial charge < -0.3 is 9.67 Å². The van der Waals surface area contributed by atoms with Gasteiger partial charge in [0.1, 0.15) is 5.01 Å². The van der Waals surface area contributed by atoms with E-state index in [1.165, 1.54) is 5.56 Å². The number of thiazole rings is 1. The number of imidazole rings is 1. The van der Waals surface area contributed by atoms with Crippen molar-refractivity contribution in [3.05, 3.63) is 107 Å². The van der Waals surface area contributed by atoms with Gasteiger partial charge in [-0.15, -0.1) is 11.3 Å². The number of aliphatic carboxylic acids is 1. The molecule has 0 fully saturated rings. The molecule has 6 rings (SSSR count). The second-order valence-corrected chi connectivity index (χ2v) is 10.5. The third-order valence-electron chi connectivity index (χ3n) is 6.54. The molecular formula is C30H22ClN3O2S. The van der Waals surface area contributed by atoms with Crippen LogP contribution in [0, 0.1) is 6.92 Å². The predicted molar refractivity (Wildman–Crippen MR) is 150 cm³/mol. The molecule has 4 aromatic carbocycles. The fraction of sp³-hybridized carbons (Fsp3) is 0.100. The lowest BCUT2D eigenvalue weighted by Gasteiger charge is -2.13. The molecule has 0 aliphatic carbocycles. The Hall–Kier alpha value is -4.00. The largest absolute Gasteiger partial charge is 0.481 e. The molecule has 1 N–H and O–H groups in total. The molecule has 0 aliphatic heterocycles. The van der Waals surface area contributed by atoms with Gasteiger partial charge in [0.05, 0.1) is 34.0 Å². The number of hydrogen-bond donors (Lipinski definition) is 1. The second kappa shape index (κ2) is 9.47. The van der Waals surface area contributed by atoms with E-state index < -0.39 is 5.97 Å². The summed E-state index contributed by atoms with van der Waals surface area (Å²) < 4.78 is 3.12. The van der Waals surface area contributed by atoms with Crippen molar-refractivity contribution < 1.29 is 9.90 Å². The topological polar surface area (TPSA) is 68.0 Å². The molecule has 5 nitrogen and oxygen atoms in total. The third-order valence-corrected chi connectivity index (χ3v) is 7.93. The number of fused-ring (bicyclic) bond motifs is 2. The summed E-state index contributed by atoms with van der Waals surface area (Å²) in [5.41, 5.74) is 8.60. The Kier molecular flexibility index (Phi) is 5.99. The highest BCUT2D eigenvalue weighted by atomic mass is 35.5. The van der Waals surface area contributed by atoms with Crippen molar-refractivity contribution in [2.24, 2.45) is 0 Å². The highest BCUT2D eigenvalue weighted by molar-refractivity contribution is 7.22. The van der Waals surface area contributed by atoms with Crippen LogP contribution in [0.15, 0.2) is 85.2 Å². The number of carboxylic acid groups (broad SMARTS) is 1. The summed E-state index contributed by atoms with van der Waals surface area (Å²) >= 11 is 7.73. The molecule has 37 heavy (non-hydrogen) atoms. The van der Waals surface area contributed by atoms with Gasteiger partial charge >= 0.3 is 5.97 Å². The molecule has 0 spiro atoms. The van der Waals surface area contributed by atoms with Gasteiger partial charge in [0, 0.05) is 22.7 Å². The zero-order valence-corrected chi connectivity index (χ0v) is 21.6. The van der Waals surface area contributed by atoms with Crippen LogP contribution >= 0.6 is 22.9 Å². The summed E-state index contributed by atoms with van der Waals surface area (Å²) in [7, 11) is 0. The van der Waals surface area contributed by atoms with Crippen LogP contribution in [0.3, 0.4) is 0 Å². The molecule has 6 aromatic rings. The Morgan fingerprint density at radius 1 is 0.973 bits per heavy atom. The predicted octanol–water partition coefficient (Wildman–Crippen LogP) is 7.62. The number of hydrogen-bond acceptors (Lipinski definition) is 4. The first kappa shape index (κ1) is 23.4. The van der Waals surface area contributed by atoms with Crippen LogP contribution in [0.25, 0.3) is 42.9 Å². The summed E-state index contributed by atoms with van der Waals surface area (Å²) in [5, 5.41) is 11.2. The van der Waals surface area contributed by atoms with Crippen LogP contribution in [-0.4, -0.2) is 25.6 Å². The van der Waals surface area contributed by atoms with Crippen molar-refractivity contribution >= 4 is 50.2 Å². The maximum absolute atomic E-state index is 11.7. The third kappa shape index (κ3) is 4.50. The van der Waals surface area contributed by atoms with Gasteiger partial charge in [-0.1, -0.05) is 54.1 Å². The molecular weight excluding hydrogens is 502 g/mol. The molecule has 2 aromatic heterocycles. The average Bonchev–Trinajstić information content (AvgIpc) is 3.49. The lowest BCUT2D eigenvalue weighted by molar-refractivity contribution is -0.136. The van der Waals surface area contributed by atoms with Crippen molar-refractivity contribution in [3.63, 3.8) is 0 Å². The van der Waals surface area contributed by atoms with E-state index in [2.05, 4.69) is 27.8 Å². The Labute approximate surface area is 222 Å². The van der Waals surface area contributed by atoms with Gasteiger partial charge in [-0.3, -0.25) is 4.79 Å². The Morgan fingerprint density at radius 3 is 2.49 bits per heavy atom. The smallest absolute Gasteiger partial charge is 0.307 e. The lowest BCUT2D eigenvalue weighted by Crippen LogP contribution is -2.04. The van der Waals surface area contributed by atoms with Gasteiger partial charge in [-0.05, 0) is 65.6 Å². The van der Waals surface area contributed by atoms with E-state index in [1.54, 1.807) is 11.3 Å². The fourth-order valence-corrected chi connectivity index (χ4v) is 6.02. The first-order chi connectivity index (χ1) is 18.0. The van der Waals surface area contributed by atoms with Gasteiger partial charge in [0.25, 0.3) is 0 Å². The normalized spacial score (nSPS) is 11.4. The number of rotatable bonds is 6. The molecule has 0 amide bonds. The Balaban J connectivity index is 1.50. The van der Waals surface area contributed by atoms with E-state index in [0.29, 0.717) is 5.02 Å². The summed E-state index contributed by atoms with van der Waals surface area (Å²) in [6.07, 6.45) is 1.82. The van der Waals surface area contributed by atoms with Crippen LogP contribution in [0.4, 0.5) is 0 Å². The monoisotopic (exact) mass is 523 g/mol. The van der Waals surface area contributed by atoms with E-state index in [-0.39, 0.29) is 6.42 Å². The number of halogens is 1. The molecule has 0 radical (unpaired) electrons. The summed E-state index contributed by atoms with van der Waals surface area (Å²) in [6.45, 7) is 2.68. The quantitative estimate of drug-likeness (QED) is 0.244. The lowest BCUT2D eigenvalue weighted by atomic mass is 9.93. The van der Waals surface area contributed by atoms with Crippen LogP contribution in [0.1, 0.15) is 16.7 Å². The maximum atomic E-state index is 11.7. The minimum absolute atomic E-state index is 0.0579. The van der Waals surface area contributed by atoms with E-state index in [4.69, 9.17) is 16.6 Å². The van der Waals surface area contributed by atoms with Crippen molar-refractivity contribution in [2.75, 3.05) is 0 Å². The molecule has 0 saturated heterocycles. The maximum Gasteiger partial charge on any atom is 0.307 e. The second-order valence-electron chi connectivity index (χ2n) is 9.05. The van der Waals surface area contributed by atoms with Crippen molar-refractivity contribution in [2.45, 2.75) is 19.9 Å². The first-order valence-electron chi connectivity index (χ1n) is 11.9. The average molecular weight is 524 g/mol. The molecule has 0 aliphatic rings. The summed E-state index contributed by atoms with van der Waals surface area (Å²) in [6, 6.07) is 26.1. The van der Waals surface area contributed by atoms with Crippen molar-refractivity contribution in [1.82, 2.24) is 14.5 Å². The number of nitrogens with zero attached hydrogens (tertiary/aromatic N) is 3. The Bertz CT molecular complexity index is 1770. The summed E-state index contributed by atoms with van der Waals surface area (Å²) in [4.78, 5) is 21.3. The van der Waals surface area contributed by atoms with Crippen LogP contribution < -0.4 is 0 Å². The SMILES string of the molecule is Cc1cc2nc(-c3ccc4ncn(Cc5ccccc5)c4c3)sc2c(-c2ccc(Cl)cc2)c1CC(=O)O. The number of aryl methyl sites for hydroxylation is 1. The molecule has 0 saturated carbocycles. The molecule has 2 heterocycles. The minimum atomic E-state index is -0.862. The molecule has 7 heteroatoms. The zero-order valence-electron chi connectivity index (χ0n) is 20.0. The van der Waals surface area contributed by atoms with E-state index in [9.17, 15) is 9.90 Å². The zero-order chi connectivity index (χ0) is 25.5. The van der Waals surface area contributed by atoms with Gasteiger partial charge in [0.15, 0.2) is 0 Å². The first-order valence-corrected chi connectivity index (χ1v) is 13.1. The highest BCUT2D eigenvalue weighted by Crippen LogP contribution is 2.41. The van der Waals surface area contributed by atoms with Gasteiger partial charge in [-0.25, -0.2) is 9.97 Å². The summed E-state index contributed by atoms with van der Waals surface area (Å²) in [5.74, 6) is -0.862.